The molecule has 0 aliphatic carbocycles. The number of likely N-dealkylation sites (N-methyl/N-ethyl adjacent to an activating group) is 1. The molecule has 0 bridgehead atoms. The lowest BCUT2D eigenvalue weighted by molar-refractivity contribution is -0.143. The summed E-state index contributed by atoms with van der Waals surface area (Å²) in [5.74, 6) is -1.12. The minimum absolute atomic E-state index is 0.0538. The van der Waals surface area contributed by atoms with Crippen LogP contribution >= 0.6 is 0 Å². The van der Waals surface area contributed by atoms with Gasteiger partial charge in [-0.15, -0.1) is 0 Å². The molecule has 20 heavy (non-hydrogen) atoms. The van der Waals surface area contributed by atoms with Gasteiger partial charge in [0.05, 0.1) is 6.54 Å². The van der Waals surface area contributed by atoms with E-state index in [9.17, 15) is 9.59 Å². The number of hydrogen-bond acceptors (Lipinski definition) is 3. The van der Waals surface area contributed by atoms with Crippen molar-refractivity contribution < 1.29 is 14.7 Å². The number of nitrogens with zero attached hydrogens (tertiary/aromatic N) is 1. The minimum Gasteiger partial charge on any atom is -0.480 e. The van der Waals surface area contributed by atoms with Gasteiger partial charge in [-0.3, -0.25) is 14.5 Å². The Morgan fingerprint density at radius 1 is 1.35 bits per heavy atom. The summed E-state index contributed by atoms with van der Waals surface area (Å²) in [5.41, 5.74) is 2.90. The van der Waals surface area contributed by atoms with E-state index in [2.05, 4.69) is 5.32 Å². The first-order valence-electron chi connectivity index (χ1n) is 6.66. The summed E-state index contributed by atoms with van der Waals surface area (Å²) in [6.45, 7) is 5.77. The lowest BCUT2D eigenvalue weighted by Gasteiger charge is -2.23. The van der Waals surface area contributed by atoms with Crippen LogP contribution in [0.3, 0.4) is 0 Å². The zero-order valence-electron chi connectivity index (χ0n) is 12.4. The van der Waals surface area contributed by atoms with Crippen LogP contribution in [0, 0.1) is 13.8 Å². The van der Waals surface area contributed by atoms with Gasteiger partial charge in [0.15, 0.2) is 0 Å². The van der Waals surface area contributed by atoms with Gasteiger partial charge in [0, 0.05) is 5.69 Å². The lowest BCUT2D eigenvalue weighted by Crippen LogP contribution is -2.42. The summed E-state index contributed by atoms with van der Waals surface area (Å²) in [5, 5.41) is 11.9. The number of nitrogens with one attached hydrogen (secondary N) is 1. The highest BCUT2D eigenvalue weighted by atomic mass is 16.4. The van der Waals surface area contributed by atoms with Gasteiger partial charge in [-0.25, -0.2) is 0 Å². The Hall–Kier alpha value is -1.88. The highest BCUT2D eigenvalue weighted by molar-refractivity contribution is 5.93. The third-order valence-corrected chi connectivity index (χ3v) is 3.48. The topological polar surface area (TPSA) is 69.6 Å². The Morgan fingerprint density at radius 3 is 2.55 bits per heavy atom. The normalized spacial score (nSPS) is 12.2. The molecule has 110 valence electrons. The number of anilines is 1. The van der Waals surface area contributed by atoms with E-state index in [1.807, 2.05) is 32.0 Å². The Kier molecular flexibility index (Phi) is 5.70. The maximum atomic E-state index is 12.0. The van der Waals surface area contributed by atoms with Crippen molar-refractivity contribution in [1.82, 2.24) is 4.90 Å². The molecule has 5 heteroatoms. The van der Waals surface area contributed by atoms with Crippen LogP contribution in [0.1, 0.15) is 24.5 Å². The predicted octanol–water partition coefficient (Wildman–Crippen LogP) is 2.04. The fourth-order valence-corrected chi connectivity index (χ4v) is 2.09. The number of carboxylic acid groups (broad SMARTS) is 1. The second-order valence-electron chi connectivity index (χ2n) is 4.97. The molecular formula is C15H22N2O3. The zero-order chi connectivity index (χ0) is 15.3. The molecule has 5 nitrogen and oxygen atoms in total. The number of amides is 1. The van der Waals surface area contributed by atoms with Crippen molar-refractivity contribution in [2.75, 3.05) is 18.9 Å². The fraction of sp³-hybridized carbons (Fsp3) is 0.467. The summed E-state index contributed by atoms with van der Waals surface area (Å²) in [7, 11) is 1.64. The highest BCUT2D eigenvalue weighted by Crippen LogP contribution is 2.17. The molecule has 0 aliphatic heterocycles. The van der Waals surface area contributed by atoms with Crippen molar-refractivity contribution in [2.24, 2.45) is 0 Å². The number of carbonyl (C=O) groups is 2. The van der Waals surface area contributed by atoms with Gasteiger partial charge in [-0.2, -0.15) is 0 Å². The molecule has 1 atom stereocenters. The van der Waals surface area contributed by atoms with Crippen molar-refractivity contribution in [1.29, 1.82) is 0 Å². The molecular weight excluding hydrogens is 256 g/mol. The van der Waals surface area contributed by atoms with E-state index in [1.54, 1.807) is 18.9 Å². The van der Waals surface area contributed by atoms with Crippen LogP contribution in [0.2, 0.25) is 0 Å². The number of carboxylic acids is 1. The molecule has 0 aliphatic rings. The average molecular weight is 278 g/mol. The highest BCUT2D eigenvalue weighted by Gasteiger charge is 2.22. The molecule has 1 rings (SSSR count). The molecule has 1 aromatic rings. The van der Waals surface area contributed by atoms with Crippen molar-refractivity contribution in [3.05, 3.63) is 29.3 Å². The Balaban J connectivity index is 2.68. The molecule has 2 N–H and O–H groups in total. The number of hydrogen-bond donors (Lipinski definition) is 2. The Bertz CT molecular complexity index is 500. The fourth-order valence-electron chi connectivity index (χ4n) is 2.09. The number of aryl methyl sites for hydroxylation is 1. The van der Waals surface area contributed by atoms with Gasteiger partial charge in [-0.05, 0) is 44.5 Å². The van der Waals surface area contributed by atoms with E-state index in [-0.39, 0.29) is 12.5 Å². The van der Waals surface area contributed by atoms with Crippen molar-refractivity contribution in [3.63, 3.8) is 0 Å². The average Bonchev–Trinajstić information content (AvgIpc) is 2.35. The number of rotatable bonds is 6. The second-order valence-corrected chi connectivity index (χ2v) is 4.97. The van der Waals surface area contributed by atoms with E-state index in [1.165, 1.54) is 0 Å². The monoisotopic (exact) mass is 278 g/mol. The van der Waals surface area contributed by atoms with Crippen LogP contribution in [0.15, 0.2) is 18.2 Å². The molecule has 0 radical (unpaired) electrons. The maximum Gasteiger partial charge on any atom is 0.320 e. The maximum absolute atomic E-state index is 12.0. The first-order valence-corrected chi connectivity index (χ1v) is 6.66. The van der Waals surface area contributed by atoms with E-state index in [0.717, 1.165) is 16.8 Å². The Morgan fingerprint density at radius 2 is 2.00 bits per heavy atom. The van der Waals surface area contributed by atoms with Gasteiger partial charge in [0.1, 0.15) is 6.04 Å². The predicted molar refractivity (Wildman–Crippen MR) is 78.9 cm³/mol. The van der Waals surface area contributed by atoms with Crippen LogP contribution < -0.4 is 5.32 Å². The summed E-state index contributed by atoms with van der Waals surface area (Å²) in [6, 6.07) is 5.07. The van der Waals surface area contributed by atoms with Gasteiger partial charge in [-0.1, -0.05) is 19.1 Å². The van der Waals surface area contributed by atoms with Crippen molar-refractivity contribution in [2.45, 2.75) is 33.2 Å². The largest absolute Gasteiger partial charge is 0.480 e. The summed E-state index contributed by atoms with van der Waals surface area (Å²) >= 11 is 0. The van der Waals surface area contributed by atoms with E-state index < -0.39 is 12.0 Å². The van der Waals surface area contributed by atoms with E-state index in [0.29, 0.717) is 6.42 Å². The van der Waals surface area contributed by atoms with Crippen LogP contribution in [-0.2, 0) is 9.59 Å². The molecule has 0 saturated carbocycles. The third kappa shape index (κ3) is 4.06. The standard InChI is InChI=1S/C15H22N2O3/c1-5-13(15(19)20)17(4)9-14(18)16-12-8-6-7-10(2)11(12)3/h6-8,13H,5,9H2,1-4H3,(H,16,18)(H,19,20). The summed E-state index contributed by atoms with van der Waals surface area (Å²) in [4.78, 5) is 24.6. The molecule has 1 unspecified atom stereocenters. The smallest absolute Gasteiger partial charge is 0.320 e. The molecule has 0 aromatic heterocycles. The van der Waals surface area contributed by atoms with E-state index >= 15 is 0 Å². The number of benzene rings is 1. The van der Waals surface area contributed by atoms with Gasteiger partial charge < -0.3 is 10.4 Å². The van der Waals surface area contributed by atoms with Crippen LogP contribution in [0.25, 0.3) is 0 Å². The van der Waals surface area contributed by atoms with Crippen LogP contribution in [0.4, 0.5) is 5.69 Å². The van der Waals surface area contributed by atoms with Crippen LogP contribution in [-0.4, -0.2) is 41.5 Å². The molecule has 0 spiro atoms. The number of carbonyl (C=O) groups excluding carboxylic acids is 1. The lowest BCUT2D eigenvalue weighted by atomic mass is 10.1. The molecule has 0 saturated heterocycles. The second kappa shape index (κ2) is 7.05. The van der Waals surface area contributed by atoms with Crippen LogP contribution in [0.5, 0.6) is 0 Å². The van der Waals surface area contributed by atoms with Gasteiger partial charge in [0.25, 0.3) is 0 Å². The first kappa shape index (κ1) is 16.2. The summed E-state index contributed by atoms with van der Waals surface area (Å²) in [6.07, 6.45) is 0.461. The quantitative estimate of drug-likeness (QED) is 0.835. The molecule has 1 aromatic carbocycles. The minimum atomic E-state index is -0.908. The number of aliphatic carboxylic acids is 1. The van der Waals surface area contributed by atoms with E-state index in [4.69, 9.17) is 5.11 Å². The third-order valence-electron chi connectivity index (χ3n) is 3.48. The molecule has 0 heterocycles. The SMILES string of the molecule is CCC(C(=O)O)N(C)CC(=O)Nc1cccc(C)c1C. The first-order chi connectivity index (χ1) is 9.36. The van der Waals surface area contributed by atoms with Gasteiger partial charge in [0.2, 0.25) is 5.91 Å². The van der Waals surface area contributed by atoms with Gasteiger partial charge >= 0.3 is 5.97 Å². The zero-order valence-corrected chi connectivity index (χ0v) is 12.4. The molecule has 1 amide bonds. The molecule has 0 fully saturated rings. The van der Waals surface area contributed by atoms with Crippen molar-refractivity contribution in [3.8, 4) is 0 Å². The summed E-state index contributed by atoms with van der Waals surface area (Å²) < 4.78 is 0. The van der Waals surface area contributed by atoms with Crippen molar-refractivity contribution >= 4 is 17.6 Å². The Labute approximate surface area is 119 Å².